The van der Waals surface area contributed by atoms with E-state index in [9.17, 15) is 0 Å². The summed E-state index contributed by atoms with van der Waals surface area (Å²) in [4.78, 5) is 0. The Bertz CT molecular complexity index is 143. The van der Waals surface area contributed by atoms with Crippen LogP contribution in [0.5, 0.6) is 0 Å². The van der Waals surface area contributed by atoms with Crippen LogP contribution in [0.3, 0.4) is 0 Å². The summed E-state index contributed by atoms with van der Waals surface area (Å²) in [6, 6.07) is 0. The average Bonchev–Trinajstić information content (AvgIpc) is 2.09. The number of hydrogen-bond donors (Lipinski definition) is 2. The van der Waals surface area contributed by atoms with E-state index in [1.807, 2.05) is 7.05 Å². The van der Waals surface area contributed by atoms with E-state index in [2.05, 4.69) is 5.10 Å². The van der Waals surface area contributed by atoms with Crippen LogP contribution in [0, 0.1) is 10.2 Å². The van der Waals surface area contributed by atoms with Gasteiger partial charge in [-0.15, -0.1) is 10.2 Å². The summed E-state index contributed by atoms with van der Waals surface area (Å²) in [7, 11) is -3.00. The number of rotatable bonds is 0. The highest BCUT2D eigenvalue weighted by molar-refractivity contribution is 5.53. The molecule has 0 amide bonds. The highest BCUT2D eigenvalue weighted by Gasteiger charge is 2.08. The largest absolute Gasteiger partial charge is 0.244 e. The van der Waals surface area contributed by atoms with Gasteiger partial charge in [0.2, 0.25) is 0 Å². The Kier molecular flexibility index (Phi) is 4.34. The van der Waals surface area contributed by atoms with Crippen LogP contribution in [-0.4, -0.2) is 25.1 Å². The molecular formula is C3H9ClN4O4. The fourth-order valence-corrected chi connectivity index (χ4v) is 0.519. The molecule has 0 aromatic carbocycles. The molecule has 1 aliphatic rings. The molecule has 9 heteroatoms. The van der Waals surface area contributed by atoms with Gasteiger partial charge in [0.25, 0.3) is 0 Å². The third kappa shape index (κ3) is 9.52. The number of hydrogen-bond acceptors (Lipinski definition) is 7. The second-order valence-electron chi connectivity index (χ2n) is 2.03. The molecule has 0 fully saturated rings. The van der Waals surface area contributed by atoms with Gasteiger partial charge in [0.15, 0.2) is 13.0 Å². The number of halogens is 1. The minimum Gasteiger partial charge on any atom is -0.244 e. The third-order valence-corrected chi connectivity index (χ3v) is 0.838. The Morgan fingerprint density at radius 1 is 1.50 bits per heavy atom. The standard InChI is InChI=1S/C3H8N4.ClHO4/c1-6-3-7(4)2-5-6;2-1(3,4)5/h2H,3-4H2,1H3;(H,2,3,4,5). The molecule has 3 N–H and O–H groups in total. The van der Waals surface area contributed by atoms with E-state index in [1.165, 1.54) is 0 Å². The van der Waals surface area contributed by atoms with Gasteiger partial charge in [0, 0.05) is 0 Å². The molecule has 0 saturated carbocycles. The molecule has 72 valence electrons. The van der Waals surface area contributed by atoms with E-state index in [0.29, 0.717) is 0 Å². The van der Waals surface area contributed by atoms with Crippen molar-refractivity contribution in [2.24, 2.45) is 10.9 Å². The van der Waals surface area contributed by atoms with E-state index < -0.39 is 10.2 Å². The molecule has 0 aromatic heterocycles. The van der Waals surface area contributed by atoms with Gasteiger partial charge in [-0.25, -0.2) is 29.5 Å². The topological polar surface area (TPSA) is 138 Å². The number of quaternary nitrogens is 1. The highest BCUT2D eigenvalue weighted by Crippen LogP contribution is 1.65. The van der Waals surface area contributed by atoms with E-state index in [0.717, 1.165) is 11.7 Å². The number of nitrogens with zero attached hydrogens (tertiary/aromatic N) is 2. The molecule has 12 heavy (non-hydrogen) atoms. The molecular weight excluding hydrogens is 192 g/mol. The molecule has 0 aromatic rings. The molecule has 1 rings (SSSR count). The van der Waals surface area contributed by atoms with Crippen LogP contribution in [0.2, 0.25) is 0 Å². The molecule has 1 aliphatic heterocycles. The first kappa shape index (κ1) is 11.5. The first-order valence-corrected chi connectivity index (χ1v) is 4.02. The normalized spacial score (nSPS) is 22.2. The van der Waals surface area contributed by atoms with Crippen molar-refractivity contribution in [1.82, 2.24) is 5.01 Å². The van der Waals surface area contributed by atoms with Crippen molar-refractivity contribution in [3.8, 4) is 0 Å². The molecule has 0 spiro atoms. The van der Waals surface area contributed by atoms with Gasteiger partial charge in [0.05, 0.1) is 7.05 Å². The summed E-state index contributed by atoms with van der Waals surface area (Å²) >= 11 is 0. The zero-order valence-corrected chi connectivity index (χ0v) is 7.02. The SMILES string of the molecule is C[NH+]1CN(N)C=N1.[O-][Cl+3]([O-])([O-])[O-]. The maximum Gasteiger partial charge on any atom is 0.191 e. The summed E-state index contributed by atoms with van der Waals surface area (Å²) in [5.41, 5.74) is 0. The van der Waals surface area contributed by atoms with Crippen molar-refractivity contribution in [2.45, 2.75) is 0 Å². The summed E-state index contributed by atoms with van der Waals surface area (Å²) in [5, 5.41) is 6.53. The van der Waals surface area contributed by atoms with E-state index in [-0.39, 0.29) is 0 Å². The smallest absolute Gasteiger partial charge is 0.191 e. The maximum atomic E-state index is 8.49. The Morgan fingerprint density at radius 3 is 2.00 bits per heavy atom. The highest BCUT2D eigenvalue weighted by atomic mass is 35.7. The van der Waals surface area contributed by atoms with Crippen LogP contribution < -0.4 is 29.5 Å². The van der Waals surface area contributed by atoms with Crippen molar-refractivity contribution in [3.63, 3.8) is 0 Å². The van der Waals surface area contributed by atoms with Crippen LogP contribution >= 0.6 is 0 Å². The van der Waals surface area contributed by atoms with E-state index >= 15 is 0 Å². The zero-order chi connectivity index (χ0) is 9.78. The fourth-order valence-electron chi connectivity index (χ4n) is 0.519. The van der Waals surface area contributed by atoms with Crippen molar-refractivity contribution in [3.05, 3.63) is 0 Å². The molecule has 0 bridgehead atoms. The minimum atomic E-state index is -4.94. The fraction of sp³-hybridized carbons (Fsp3) is 0.667. The first-order chi connectivity index (χ1) is 5.29. The van der Waals surface area contributed by atoms with Gasteiger partial charge in [-0.1, -0.05) is 5.10 Å². The lowest BCUT2D eigenvalue weighted by atomic mass is 11.0. The lowest BCUT2D eigenvalue weighted by molar-refractivity contribution is -2.00. The Hall–Kier alpha value is -0.480. The molecule has 1 atom stereocenters. The van der Waals surface area contributed by atoms with Crippen molar-refractivity contribution < 1.29 is 33.9 Å². The van der Waals surface area contributed by atoms with Crippen LogP contribution in [0.1, 0.15) is 0 Å². The summed E-state index contributed by atoms with van der Waals surface area (Å²) in [6.07, 6.45) is 1.62. The third-order valence-electron chi connectivity index (χ3n) is 0.838. The van der Waals surface area contributed by atoms with Gasteiger partial charge < -0.3 is 0 Å². The lowest BCUT2D eigenvalue weighted by Crippen LogP contribution is -3.03. The second kappa shape index (κ2) is 4.52. The van der Waals surface area contributed by atoms with Gasteiger partial charge in [-0.2, -0.15) is 5.01 Å². The molecule has 0 radical (unpaired) electrons. The molecule has 1 heterocycles. The molecule has 8 nitrogen and oxygen atoms in total. The number of hydrazine groups is 1. The minimum absolute atomic E-state index is 0.778. The van der Waals surface area contributed by atoms with Crippen LogP contribution in [0.15, 0.2) is 5.10 Å². The number of nitrogens with one attached hydrogen (secondary N) is 1. The van der Waals surface area contributed by atoms with Gasteiger partial charge in [0.1, 0.15) is 0 Å². The van der Waals surface area contributed by atoms with E-state index in [4.69, 9.17) is 24.5 Å². The quantitative estimate of drug-likeness (QED) is 0.373. The van der Waals surface area contributed by atoms with Crippen LogP contribution in [0.4, 0.5) is 0 Å². The van der Waals surface area contributed by atoms with Crippen LogP contribution in [0.25, 0.3) is 0 Å². The lowest BCUT2D eigenvalue weighted by Gasteiger charge is -2.17. The number of nitrogens with two attached hydrogens (primary N) is 1. The summed E-state index contributed by atoms with van der Waals surface area (Å²) in [5.74, 6) is 5.29. The van der Waals surface area contributed by atoms with Crippen molar-refractivity contribution in [1.29, 1.82) is 0 Å². The maximum absolute atomic E-state index is 8.49. The summed E-state index contributed by atoms with van der Waals surface area (Å²) in [6.45, 7) is 0.778. The predicted molar refractivity (Wildman–Crippen MR) is 26.3 cm³/mol. The average molecular weight is 201 g/mol. The molecule has 1 unspecified atom stereocenters. The monoisotopic (exact) mass is 200 g/mol. The summed E-state index contributed by atoms with van der Waals surface area (Å²) < 4.78 is 34.0. The Morgan fingerprint density at radius 2 is 1.92 bits per heavy atom. The van der Waals surface area contributed by atoms with Crippen LogP contribution in [-0.2, 0) is 0 Å². The first-order valence-electron chi connectivity index (χ1n) is 2.79. The van der Waals surface area contributed by atoms with E-state index in [1.54, 1.807) is 11.3 Å². The van der Waals surface area contributed by atoms with Gasteiger partial charge >= 0.3 is 0 Å². The van der Waals surface area contributed by atoms with Gasteiger partial charge in [-0.3, -0.25) is 0 Å². The van der Waals surface area contributed by atoms with Crippen molar-refractivity contribution >= 4 is 6.34 Å². The van der Waals surface area contributed by atoms with Crippen molar-refractivity contribution in [2.75, 3.05) is 13.7 Å². The molecule has 0 aliphatic carbocycles. The zero-order valence-electron chi connectivity index (χ0n) is 6.27. The molecule has 0 saturated heterocycles. The Balaban J connectivity index is 0.000000217. The predicted octanol–water partition coefficient (Wildman–Crippen LogP) is -7.16. The Labute approximate surface area is 70.8 Å². The van der Waals surface area contributed by atoms with Gasteiger partial charge in [-0.05, 0) is 0 Å². The second-order valence-corrected chi connectivity index (χ2v) is 2.79.